The van der Waals surface area contributed by atoms with Gasteiger partial charge in [0, 0.05) is 30.2 Å². The van der Waals surface area contributed by atoms with Crippen molar-refractivity contribution in [3.63, 3.8) is 0 Å². The minimum atomic E-state index is -0.667. The number of carbonyl (C=O) groups is 2. The van der Waals surface area contributed by atoms with Crippen molar-refractivity contribution in [1.29, 1.82) is 0 Å². The zero-order valence-corrected chi connectivity index (χ0v) is 15.2. The van der Waals surface area contributed by atoms with E-state index in [4.69, 9.17) is 5.11 Å². The second-order valence-corrected chi connectivity index (χ2v) is 8.35. The normalized spacial score (nSPS) is 21.8. The van der Waals surface area contributed by atoms with Gasteiger partial charge in [-0.3, -0.25) is 9.59 Å². The molecule has 4 nitrogen and oxygen atoms in total. The largest absolute Gasteiger partial charge is 0.481 e. The number of likely N-dealkylation sites (tertiary alicyclic amines) is 1. The molecule has 0 aromatic heterocycles. The number of hydrogen-bond acceptors (Lipinski definition) is 3. The predicted octanol–water partition coefficient (Wildman–Crippen LogP) is 3.50. The van der Waals surface area contributed by atoms with Crippen LogP contribution in [0.2, 0.25) is 0 Å². The first-order valence-corrected chi connectivity index (χ1v) is 9.60. The van der Waals surface area contributed by atoms with Gasteiger partial charge in [0.2, 0.25) is 5.91 Å². The number of rotatable bonds is 5. The van der Waals surface area contributed by atoms with E-state index >= 15 is 0 Å². The number of nitrogens with zero attached hydrogens (tertiary/aromatic N) is 1. The maximum absolute atomic E-state index is 12.4. The van der Waals surface area contributed by atoms with Crippen molar-refractivity contribution in [2.45, 2.75) is 44.4 Å². The number of thioether (sulfide) groups is 1. The van der Waals surface area contributed by atoms with E-state index in [2.05, 4.69) is 32.0 Å². The van der Waals surface area contributed by atoms with Gasteiger partial charge in [-0.25, -0.2) is 0 Å². The zero-order valence-electron chi connectivity index (χ0n) is 14.4. The third-order valence-electron chi connectivity index (χ3n) is 5.66. The van der Waals surface area contributed by atoms with Gasteiger partial charge >= 0.3 is 5.97 Å². The fraction of sp³-hybridized carbons (Fsp3) is 0.579. The Morgan fingerprint density at radius 2 is 1.96 bits per heavy atom. The van der Waals surface area contributed by atoms with Crippen LogP contribution < -0.4 is 0 Å². The van der Waals surface area contributed by atoms with Crippen LogP contribution in [0, 0.1) is 25.2 Å². The standard InChI is InChI=1S/C19H25NO3S/c1-13-3-4-15(11-14(13)2)24-10-5-17(21)20-8-6-19(7-9-20)12-16(19)18(22)23/h3-4,11,16H,5-10,12H2,1-2H3,(H,22,23). The van der Waals surface area contributed by atoms with E-state index in [1.165, 1.54) is 16.0 Å². The van der Waals surface area contributed by atoms with Crippen molar-refractivity contribution in [2.75, 3.05) is 18.8 Å². The lowest BCUT2D eigenvalue weighted by atomic mass is 9.90. The molecule has 0 bridgehead atoms. The van der Waals surface area contributed by atoms with E-state index in [0.717, 1.165) is 38.1 Å². The third kappa shape index (κ3) is 3.61. The molecule has 1 saturated carbocycles. The highest BCUT2D eigenvalue weighted by Crippen LogP contribution is 2.59. The summed E-state index contributed by atoms with van der Waals surface area (Å²) in [7, 11) is 0. The molecule has 0 radical (unpaired) electrons. The van der Waals surface area contributed by atoms with Gasteiger partial charge in [-0.1, -0.05) is 6.07 Å². The zero-order chi connectivity index (χ0) is 17.3. The molecule has 1 atom stereocenters. The molecule has 2 aliphatic rings. The van der Waals surface area contributed by atoms with E-state index in [0.29, 0.717) is 6.42 Å². The topological polar surface area (TPSA) is 57.6 Å². The number of carboxylic acids is 1. The van der Waals surface area contributed by atoms with Crippen molar-refractivity contribution in [3.05, 3.63) is 29.3 Å². The number of aryl methyl sites for hydroxylation is 2. The van der Waals surface area contributed by atoms with Gasteiger partial charge in [0.25, 0.3) is 0 Å². The first-order chi connectivity index (χ1) is 11.4. The number of hydrogen-bond donors (Lipinski definition) is 1. The average Bonchev–Trinajstić information content (AvgIpc) is 3.25. The minimum absolute atomic E-state index is 0.00319. The Hall–Kier alpha value is -1.49. The molecule has 1 aliphatic heterocycles. The second kappa shape index (κ2) is 6.79. The lowest BCUT2D eigenvalue weighted by Gasteiger charge is -2.32. The highest BCUT2D eigenvalue weighted by atomic mass is 32.2. The molecule has 2 fully saturated rings. The summed E-state index contributed by atoms with van der Waals surface area (Å²) in [6.45, 7) is 5.65. The Kier molecular flexibility index (Phi) is 4.90. The van der Waals surface area contributed by atoms with E-state index in [1.54, 1.807) is 11.8 Å². The lowest BCUT2D eigenvalue weighted by molar-refractivity contribution is -0.139. The number of benzene rings is 1. The first-order valence-electron chi connectivity index (χ1n) is 8.62. The molecule has 1 aromatic rings. The second-order valence-electron chi connectivity index (χ2n) is 7.18. The van der Waals surface area contributed by atoms with E-state index in [1.807, 2.05) is 4.90 Å². The maximum atomic E-state index is 12.4. The molecule has 24 heavy (non-hydrogen) atoms. The predicted molar refractivity (Wildman–Crippen MR) is 95.2 cm³/mol. The fourth-order valence-electron chi connectivity index (χ4n) is 3.67. The van der Waals surface area contributed by atoms with Gasteiger partial charge in [0.05, 0.1) is 5.92 Å². The van der Waals surface area contributed by atoms with Crippen molar-refractivity contribution in [3.8, 4) is 0 Å². The highest BCUT2D eigenvalue weighted by Gasteiger charge is 2.59. The summed E-state index contributed by atoms with van der Waals surface area (Å²) in [5, 5.41) is 9.12. The molecular formula is C19H25NO3S. The smallest absolute Gasteiger partial charge is 0.307 e. The van der Waals surface area contributed by atoms with Gasteiger partial charge in [0.15, 0.2) is 0 Å². The van der Waals surface area contributed by atoms with Crippen LogP contribution in [0.5, 0.6) is 0 Å². The Balaban J connectivity index is 1.42. The van der Waals surface area contributed by atoms with Crippen molar-refractivity contribution >= 4 is 23.6 Å². The van der Waals surface area contributed by atoms with Gasteiger partial charge in [-0.05, 0) is 61.8 Å². The highest BCUT2D eigenvalue weighted by molar-refractivity contribution is 7.99. The summed E-state index contributed by atoms with van der Waals surface area (Å²) in [4.78, 5) is 26.6. The molecule has 1 aliphatic carbocycles. The summed E-state index contributed by atoms with van der Waals surface area (Å²) in [5.74, 6) is 0.157. The van der Waals surface area contributed by atoms with Gasteiger partial charge < -0.3 is 10.0 Å². The number of carboxylic acid groups (broad SMARTS) is 1. The Morgan fingerprint density at radius 3 is 2.54 bits per heavy atom. The quantitative estimate of drug-likeness (QED) is 0.828. The number of amides is 1. The van der Waals surface area contributed by atoms with Crippen LogP contribution in [0.3, 0.4) is 0 Å². The molecule has 1 spiro atoms. The SMILES string of the molecule is Cc1ccc(SCCC(=O)N2CCC3(CC2)CC3C(=O)O)cc1C. The number of aliphatic carboxylic acids is 1. The minimum Gasteiger partial charge on any atom is -0.481 e. The molecule has 3 rings (SSSR count). The monoisotopic (exact) mass is 347 g/mol. The summed E-state index contributed by atoms with van der Waals surface area (Å²) in [6, 6.07) is 6.41. The number of carbonyl (C=O) groups excluding carboxylic acids is 1. The summed E-state index contributed by atoms with van der Waals surface area (Å²) in [6.07, 6.45) is 3.04. The molecule has 1 aromatic carbocycles. The van der Waals surface area contributed by atoms with Gasteiger partial charge in [-0.2, -0.15) is 0 Å². The molecular weight excluding hydrogens is 322 g/mol. The summed E-state index contributed by atoms with van der Waals surface area (Å²) in [5.41, 5.74) is 2.57. The first kappa shape index (κ1) is 17.3. The molecule has 1 saturated heterocycles. The third-order valence-corrected chi connectivity index (χ3v) is 6.66. The van der Waals surface area contributed by atoms with E-state index in [-0.39, 0.29) is 17.2 Å². The van der Waals surface area contributed by atoms with Crippen molar-refractivity contribution < 1.29 is 14.7 Å². The van der Waals surface area contributed by atoms with E-state index in [9.17, 15) is 9.59 Å². The van der Waals surface area contributed by atoms with Gasteiger partial charge in [-0.15, -0.1) is 11.8 Å². The molecule has 130 valence electrons. The molecule has 1 amide bonds. The molecule has 1 heterocycles. The Morgan fingerprint density at radius 1 is 1.25 bits per heavy atom. The van der Waals surface area contributed by atoms with Crippen LogP contribution in [0.15, 0.2) is 23.1 Å². The van der Waals surface area contributed by atoms with Crippen LogP contribution in [0.1, 0.15) is 36.8 Å². The average molecular weight is 347 g/mol. The molecule has 1 unspecified atom stereocenters. The lowest BCUT2D eigenvalue weighted by Crippen LogP contribution is -2.40. The van der Waals surface area contributed by atoms with Crippen molar-refractivity contribution in [1.82, 2.24) is 4.90 Å². The van der Waals surface area contributed by atoms with Crippen LogP contribution in [-0.4, -0.2) is 40.7 Å². The Labute approximate surface area is 147 Å². The van der Waals surface area contributed by atoms with Crippen LogP contribution >= 0.6 is 11.8 Å². The van der Waals surface area contributed by atoms with Crippen LogP contribution in [-0.2, 0) is 9.59 Å². The van der Waals surface area contributed by atoms with E-state index < -0.39 is 5.97 Å². The fourth-order valence-corrected chi connectivity index (χ4v) is 4.61. The summed E-state index contributed by atoms with van der Waals surface area (Å²) < 4.78 is 0. The van der Waals surface area contributed by atoms with Crippen LogP contribution in [0.4, 0.5) is 0 Å². The molecule has 1 N–H and O–H groups in total. The summed E-state index contributed by atoms with van der Waals surface area (Å²) >= 11 is 1.73. The van der Waals surface area contributed by atoms with Crippen LogP contribution in [0.25, 0.3) is 0 Å². The number of piperidine rings is 1. The Bertz CT molecular complexity index is 650. The maximum Gasteiger partial charge on any atom is 0.307 e. The molecule has 5 heteroatoms. The van der Waals surface area contributed by atoms with Gasteiger partial charge in [0.1, 0.15) is 0 Å². The van der Waals surface area contributed by atoms with Crippen molar-refractivity contribution in [2.24, 2.45) is 11.3 Å².